The Balaban J connectivity index is 1.54. The number of carbonyl (C=O) groups is 2. The lowest BCUT2D eigenvalue weighted by molar-refractivity contribution is -0.137. The van der Waals surface area contributed by atoms with Gasteiger partial charge in [0.15, 0.2) is 0 Å². The lowest BCUT2D eigenvalue weighted by Crippen LogP contribution is -2.42. The number of rotatable bonds is 3. The summed E-state index contributed by atoms with van der Waals surface area (Å²) in [5, 5.41) is 5.61. The van der Waals surface area contributed by atoms with E-state index in [0.717, 1.165) is 17.7 Å². The monoisotopic (exact) mass is 459 g/mol. The van der Waals surface area contributed by atoms with Gasteiger partial charge in [0.1, 0.15) is 5.75 Å². The molecule has 9 heteroatoms. The van der Waals surface area contributed by atoms with Gasteiger partial charge in [0.25, 0.3) is 0 Å². The maximum atomic E-state index is 13.1. The Morgan fingerprint density at radius 2 is 2.00 bits per heavy atom. The smallest absolute Gasteiger partial charge is 0.416 e. The van der Waals surface area contributed by atoms with Crippen molar-refractivity contribution in [1.29, 1.82) is 0 Å². The van der Waals surface area contributed by atoms with E-state index in [1.54, 1.807) is 17.0 Å². The van der Waals surface area contributed by atoms with Gasteiger partial charge in [-0.15, -0.1) is 0 Å². The van der Waals surface area contributed by atoms with Crippen LogP contribution in [-0.4, -0.2) is 29.5 Å². The van der Waals surface area contributed by atoms with Gasteiger partial charge in [-0.2, -0.15) is 13.2 Å². The van der Waals surface area contributed by atoms with Crippen molar-refractivity contribution < 1.29 is 27.5 Å². The van der Waals surface area contributed by atoms with Gasteiger partial charge in [0.05, 0.1) is 12.2 Å². The minimum absolute atomic E-state index is 0.0581. The average Bonchev–Trinajstić information content (AvgIpc) is 2.94. The summed E-state index contributed by atoms with van der Waals surface area (Å²) >= 11 is 0. The number of amides is 3. The second-order valence-corrected chi connectivity index (χ2v) is 8.34. The first-order valence-corrected chi connectivity index (χ1v) is 10.7. The fraction of sp³-hybridized carbons (Fsp3) is 0.333. The summed E-state index contributed by atoms with van der Waals surface area (Å²) in [7, 11) is 0. The number of ether oxygens (including phenoxy) is 1. The molecule has 3 amide bonds. The van der Waals surface area contributed by atoms with Crippen LogP contribution in [0.4, 0.5) is 29.3 Å². The molecule has 0 spiro atoms. The quantitative estimate of drug-likeness (QED) is 0.583. The Hall–Kier alpha value is -3.49. The SMILES string of the molecule is CC(C)N1Cc2ccc(NC(=O)/C=C3\CCCOc4cc(C(F)(F)F)ccc43)cc2NC1=O. The molecule has 2 aliphatic heterocycles. The molecule has 0 saturated heterocycles. The number of nitrogens with zero attached hydrogens (tertiary/aromatic N) is 1. The number of halogens is 3. The predicted molar refractivity (Wildman–Crippen MR) is 119 cm³/mol. The highest BCUT2D eigenvalue weighted by Gasteiger charge is 2.32. The molecule has 2 aromatic rings. The van der Waals surface area contributed by atoms with E-state index in [-0.39, 0.29) is 24.4 Å². The predicted octanol–water partition coefficient (Wildman–Crippen LogP) is 5.66. The van der Waals surface area contributed by atoms with Crippen LogP contribution in [0.15, 0.2) is 42.5 Å². The number of hydrogen-bond acceptors (Lipinski definition) is 3. The van der Waals surface area contributed by atoms with Crippen molar-refractivity contribution in [2.45, 2.75) is 45.5 Å². The van der Waals surface area contributed by atoms with E-state index in [2.05, 4.69) is 10.6 Å². The molecule has 0 aromatic heterocycles. The fourth-order valence-electron chi connectivity index (χ4n) is 3.92. The van der Waals surface area contributed by atoms with Crippen molar-refractivity contribution in [1.82, 2.24) is 4.90 Å². The molecule has 4 rings (SSSR count). The Morgan fingerprint density at radius 1 is 1.21 bits per heavy atom. The van der Waals surface area contributed by atoms with Gasteiger partial charge in [-0.25, -0.2) is 4.79 Å². The summed E-state index contributed by atoms with van der Waals surface area (Å²) in [5.74, 6) is -0.295. The van der Waals surface area contributed by atoms with Crippen LogP contribution in [0.2, 0.25) is 0 Å². The van der Waals surface area contributed by atoms with Gasteiger partial charge < -0.3 is 20.3 Å². The van der Waals surface area contributed by atoms with E-state index >= 15 is 0 Å². The van der Waals surface area contributed by atoms with Crippen LogP contribution in [0.25, 0.3) is 5.57 Å². The molecular formula is C24H24F3N3O3. The van der Waals surface area contributed by atoms with Gasteiger partial charge >= 0.3 is 12.2 Å². The van der Waals surface area contributed by atoms with Crippen molar-refractivity contribution in [3.05, 3.63) is 59.2 Å². The fourth-order valence-corrected chi connectivity index (χ4v) is 3.92. The van der Waals surface area contributed by atoms with Crippen LogP contribution >= 0.6 is 0 Å². The molecule has 0 bridgehead atoms. The molecular weight excluding hydrogens is 435 g/mol. The number of allylic oxidation sites excluding steroid dienone is 1. The zero-order valence-corrected chi connectivity index (χ0v) is 18.3. The van der Waals surface area contributed by atoms with Crippen LogP contribution in [0, 0.1) is 0 Å². The number of anilines is 2. The number of fused-ring (bicyclic) bond motifs is 2. The van der Waals surface area contributed by atoms with Gasteiger partial charge in [0, 0.05) is 35.6 Å². The number of benzene rings is 2. The maximum absolute atomic E-state index is 13.1. The molecule has 2 N–H and O–H groups in total. The third-order valence-corrected chi connectivity index (χ3v) is 5.65. The van der Waals surface area contributed by atoms with Crippen LogP contribution < -0.4 is 15.4 Å². The molecule has 2 aromatic carbocycles. The number of hydrogen-bond donors (Lipinski definition) is 2. The summed E-state index contributed by atoms with van der Waals surface area (Å²) in [5.41, 5.74) is 2.37. The maximum Gasteiger partial charge on any atom is 0.416 e. The van der Waals surface area contributed by atoms with Crippen LogP contribution in [0.3, 0.4) is 0 Å². The summed E-state index contributed by atoms with van der Waals surface area (Å²) in [4.78, 5) is 26.7. The zero-order chi connectivity index (χ0) is 23.8. The van der Waals surface area contributed by atoms with Crippen molar-refractivity contribution >= 4 is 28.9 Å². The Bertz CT molecular complexity index is 1130. The lowest BCUT2D eigenvalue weighted by atomic mass is 9.99. The van der Waals surface area contributed by atoms with E-state index in [9.17, 15) is 22.8 Å². The van der Waals surface area contributed by atoms with Crippen LogP contribution in [0.5, 0.6) is 5.75 Å². The number of urea groups is 1. The van der Waals surface area contributed by atoms with E-state index in [1.807, 2.05) is 19.9 Å². The first-order chi connectivity index (χ1) is 15.6. The summed E-state index contributed by atoms with van der Waals surface area (Å²) < 4.78 is 44.6. The average molecular weight is 459 g/mol. The lowest BCUT2D eigenvalue weighted by Gasteiger charge is -2.32. The second-order valence-electron chi connectivity index (χ2n) is 8.34. The molecule has 0 radical (unpaired) electrons. The van der Waals surface area contributed by atoms with Crippen LogP contribution in [0.1, 0.15) is 43.4 Å². The molecule has 0 aliphatic carbocycles. The summed E-state index contributed by atoms with van der Waals surface area (Å²) in [6.07, 6.45) is -2.01. The van der Waals surface area contributed by atoms with E-state index in [0.29, 0.717) is 41.9 Å². The third kappa shape index (κ3) is 4.97. The minimum atomic E-state index is -4.47. The molecule has 0 atom stereocenters. The summed E-state index contributed by atoms with van der Waals surface area (Å²) in [6, 6.07) is 8.47. The molecule has 6 nitrogen and oxygen atoms in total. The van der Waals surface area contributed by atoms with E-state index < -0.39 is 17.6 Å². The molecule has 0 saturated carbocycles. The summed E-state index contributed by atoms with van der Waals surface area (Å²) in [6.45, 7) is 4.62. The highest BCUT2D eigenvalue weighted by molar-refractivity contribution is 6.05. The molecule has 0 unspecified atom stereocenters. The van der Waals surface area contributed by atoms with Gasteiger partial charge in [-0.05, 0) is 62.1 Å². The number of carbonyl (C=O) groups excluding carboxylic acids is 2. The van der Waals surface area contributed by atoms with E-state index in [4.69, 9.17) is 4.74 Å². The Kier molecular flexibility index (Phi) is 6.05. The van der Waals surface area contributed by atoms with E-state index in [1.165, 1.54) is 12.1 Å². The van der Waals surface area contributed by atoms with Crippen molar-refractivity contribution in [3.63, 3.8) is 0 Å². The Labute approximate surface area is 189 Å². The first kappa shape index (κ1) is 22.7. The number of alkyl halides is 3. The molecule has 0 fully saturated rings. The van der Waals surface area contributed by atoms with Gasteiger partial charge in [-0.3, -0.25) is 4.79 Å². The van der Waals surface area contributed by atoms with Crippen molar-refractivity contribution in [3.8, 4) is 5.75 Å². The van der Waals surface area contributed by atoms with Crippen molar-refractivity contribution in [2.24, 2.45) is 0 Å². The first-order valence-electron chi connectivity index (χ1n) is 10.7. The zero-order valence-electron chi connectivity index (χ0n) is 18.3. The third-order valence-electron chi connectivity index (χ3n) is 5.65. The van der Waals surface area contributed by atoms with Crippen LogP contribution in [-0.2, 0) is 17.5 Å². The molecule has 33 heavy (non-hydrogen) atoms. The second kappa shape index (κ2) is 8.80. The highest BCUT2D eigenvalue weighted by atomic mass is 19.4. The Morgan fingerprint density at radius 3 is 2.73 bits per heavy atom. The molecule has 2 aliphatic rings. The topological polar surface area (TPSA) is 70.7 Å². The van der Waals surface area contributed by atoms with Gasteiger partial charge in [-0.1, -0.05) is 12.1 Å². The molecule has 2 heterocycles. The standard InChI is InChI=1S/C24H24F3N3O3/c1-14(2)30-13-16-5-7-18(12-20(16)29-23(30)32)28-22(31)10-15-4-3-9-33-21-11-17(24(25,26)27)6-8-19(15)21/h5-8,10-12,14H,3-4,9,13H2,1-2H3,(H,28,31)(H,29,32)/b15-10+. The number of nitrogens with one attached hydrogen (secondary N) is 2. The van der Waals surface area contributed by atoms with Gasteiger partial charge in [0.2, 0.25) is 5.91 Å². The molecule has 174 valence electrons. The largest absolute Gasteiger partial charge is 0.493 e. The normalized spacial score (nSPS) is 17.1. The minimum Gasteiger partial charge on any atom is -0.493 e. The highest BCUT2D eigenvalue weighted by Crippen LogP contribution is 2.38. The van der Waals surface area contributed by atoms with Crippen molar-refractivity contribution in [2.75, 3.05) is 17.2 Å².